The largest absolute Gasteiger partial charge is 0.545 e. The van der Waals surface area contributed by atoms with Gasteiger partial charge < -0.3 is 33.3 Å². The quantitative estimate of drug-likeness (QED) is 0.0195. The first-order valence-corrected chi connectivity index (χ1v) is 38.6. The zero-order valence-corrected chi connectivity index (χ0v) is 59.4. The van der Waals surface area contributed by atoms with Gasteiger partial charge in [-0.2, -0.15) is 0 Å². The summed E-state index contributed by atoms with van der Waals surface area (Å²) in [6.45, 7) is 4.81. The fraction of sp³-hybridized carbons (Fsp3) is 0.886. The van der Waals surface area contributed by atoms with Crippen molar-refractivity contribution in [3.05, 3.63) is 36.5 Å². The minimum atomic E-state index is -1.62. The van der Waals surface area contributed by atoms with Crippen molar-refractivity contribution in [1.82, 2.24) is 0 Å². The molecule has 0 aliphatic carbocycles. The zero-order chi connectivity index (χ0) is 64.0. The van der Waals surface area contributed by atoms with Crippen LogP contribution in [0.3, 0.4) is 0 Å². The normalized spacial score (nSPS) is 12.8. The summed E-state index contributed by atoms with van der Waals surface area (Å²) in [7, 11) is 5.95. The number of carboxylic acids is 1. The van der Waals surface area contributed by atoms with Crippen molar-refractivity contribution in [3.8, 4) is 0 Å². The third-order valence-corrected chi connectivity index (χ3v) is 17.6. The second kappa shape index (κ2) is 70.4. The van der Waals surface area contributed by atoms with Crippen molar-refractivity contribution < 1.29 is 42.9 Å². The van der Waals surface area contributed by atoms with E-state index in [4.69, 9.17) is 18.9 Å². The molecule has 0 saturated carbocycles. The van der Waals surface area contributed by atoms with Crippen molar-refractivity contribution in [1.29, 1.82) is 0 Å². The molecule has 0 spiro atoms. The van der Waals surface area contributed by atoms with Gasteiger partial charge in [0.05, 0.1) is 40.3 Å². The lowest BCUT2D eigenvalue weighted by molar-refractivity contribution is -0.870. The highest BCUT2D eigenvalue weighted by Gasteiger charge is 2.22. The average molecular weight is 1240 g/mol. The Morgan fingerprint density at radius 1 is 0.341 bits per heavy atom. The van der Waals surface area contributed by atoms with Crippen molar-refractivity contribution in [3.63, 3.8) is 0 Å². The van der Waals surface area contributed by atoms with Gasteiger partial charge in [-0.25, -0.2) is 0 Å². The molecule has 0 aromatic rings. The molecule has 9 nitrogen and oxygen atoms in total. The molecule has 0 saturated heterocycles. The minimum absolute atomic E-state index is 0.150. The lowest BCUT2D eigenvalue weighted by Gasteiger charge is -2.26. The number of aliphatic carboxylic acids is 1. The van der Waals surface area contributed by atoms with E-state index in [1.165, 1.54) is 315 Å². The lowest BCUT2D eigenvalue weighted by atomic mass is 10.0. The molecule has 0 radical (unpaired) electrons. The Kier molecular flexibility index (Phi) is 68.4. The highest BCUT2D eigenvalue weighted by molar-refractivity contribution is 5.70. The number of unbranched alkanes of at least 4 members (excludes halogenated alkanes) is 52. The molecule has 2 atom stereocenters. The smallest absolute Gasteiger partial charge is 0.306 e. The van der Waals surface area contributed by atoms with Crippen LogP contribution in [-0.2, 0) is 33.3 Å². The predicted octanol–water partition coefficient (Wildman–Crippen LogP) is 23.0. The van der Waals surface area contributed by atoms with E-state index in [1.54, 1.807) is 0 Å². The summed E-state index contributed by atoms with van der Waals surface area (Å²) < 4.78 is 22.9. The van der Waals surface area contributed by atoms with Crippen LogP contribution < -0.4 is 5.11 Å². The van der Waals surface area contributed by atoms with Gasteiger partial charge in [0, 0.05) is 12.8 Å². The summed E-state index contributed by atoms with van der Waals surface area (Å²) in [6.07, 6.45) is 86.9. The molecular weight excluding hydrogens is 1090 g/mol. The van der Waals surface area contributed by atoms with Gasteiger partial charge in [0.15, 0.2) is 12.4 Å². The number of nitrogens with zero attached hydrogens (tertiary/aromatic N) is 1. The maximum absolute atomic E-state index is 13.0. The highest BCUT2D eigenvalue weighted by Crippen LogP contribution is 2.20. The van der Waals surface area contributed by atoms with Crippen LogP contribution in [0.15, 0.2) is 36.5 Å². The van der Waals surface area contributed by atoms with Crippen molar-refractivity contribution in [2.24, 2.45) is 0 Å². The first kappa shape index (κ1) is 85.5. The van der Waals surface area contributed by atoms with Crippen molar-refractivity contribution in [2.45, 2.75) is 405 Å². The topological polar surface area (TPSA) is 111 Å². The van der Waals surface area contributed by atoms with Gasteiger partial charge in [0.1, 0.15) is 13.2 Å². The molecular formula is C79H149NO8. The monoisotopic (exact) mass is 1240 g/mol. The number of likely N-dealkylation sites (N-methyl/N-ethyl adjacent to an activating group) is 1. The van der Waals surface area contributed by atoms with E-state index in [9.17, 15) is 19.5 Å². The van der Waals surface area contributed by atoms with Crippen molar-refractivity contribution in [2.75, 3.05) is 47.5 Å². The summed E-state index contributed by atoms with van der Waals surface area (Å²) >= 11 is 0. The van der Waals surface area contributed by atoms with Gasteiger partial charge >= 0.3 is 11.9 Å². The second-order valence-electron chi connectivity index (χ2n) is 27.7. The summed E-state index contributed by atoms with van der Waals surface area (Å²) in [5.74, 6) is -2.25. The first-order chi connectivity index (χ1) is 43.1. The Morgan fingerprint density at radius 3 is 0.909 bits per heavy atom. The summed E-state index contributed by atoms with van der Waals surface area (Å²) in [5, 5.41) is 11.8. The van der Waals surface area contributed by atoms with Crippen LogP contribution in [0.5, 0.6) is 0 Å². The van der Waals surface area contributed by atoms with Crippen LogP contribution in [0, 0.1) is 0 Å². The third kappa shape index (κ3) is 71.0. The second-order valence-corrected chi connectivity index (χ2v) is 27.7. The van der Waals surface area contributed by atoms with Crippen LogP contribution in [0.4, 0.5) is 0 Å². The maximum atomic E-state index is 13.0. The Balaban J connectivity index is 4.01. The molecule has 2 unspecified atom stereocenters. The Morgan fingerprint density at radius 2 is 0.614 bits per heavy atom. The summed E-state index contributed by atoms with van der Waals surface area (Å²) in [5.41, 5.74) is 0. The maximum Gasteiger partial charge on any atom is 0.306 e. The van der Waals surface area contributed by atoms with Gasteiger partial charge in [0.2, 0.25) is 0 Å². The van der Waals surface area contributed by atoms with E-state index in [2.05, 4.69) is 50.3 Å². The van der Waals surface area contributed by atoms with Crippen LogP contribution in [0.1, 0.15) is 393 Å². The van der Waals surface area contributed by atoms with E-state index in [0.29, 0.717) is 23.9 Å². The molecule has 518 valence electrons. The molecule has 0 rings (SSSR count). The molecule has 0 fully saturated rings. The SMILES string of the molecule is CCCCCCC/C=C\C/C=C\C/C=C\CCCCCCCCCCCCCCCCCCC(=O)OC(COC(=O)CCCCCCCCCCCCCCCCCCCCCCCCCCCCCCCCCC)COC(OCC[N+](C)(C)C)C(=O)[O-]. The standard InChI is InChI=1S/C79H149NO8/c1-6-8-10-12-14-16-18-20-22-24-26-28-30-32-34-36-38-40-41-43-45-47-49-51-53-55-57-59-61-63-65-67-69-76(81)86-73-75(74-87-79(78(83)84)85-72-71-80(3,4)5)88-77(82)70-68-66-64-62-60-58-56-54-52-50-48-46-44-42-39-37-35-33-31-29-27-25-23-21-19-17-15-13-11-9-7-2/h19,21,25,27,31,33,75,79H,6-18,20,22-24,26,28-30,32,34-74H2,1-5H3/b21-19-,27-25-,33-31-. The van der Waals surface area contributed by atoms with Crippen LogP contribution >= 0.6 is 0 Å². The number of esters is 2. The number of ether oxygens (including phenoxy) is 4. The number of carbonyl (C=O) groups excluding carboxylic acids is 3. The van der Waals surface area contributed by atoms with Gasteiger partial charge in [-0.1, -0.05) is 365 Å². The Bertz CT molecular complexity index is 1540. The fourth-order valence-corrected chi connectivity index (χ4v) is 11.7. The van der Waals surface area contributed by atoms with E-state index in [0.717, 1.165) is 44.9 Å². The van der Waals surface area contributed by atoms with Crippen LogP contribution in [0.2, 0.25) is 0 Å². The Labute approximate surface area is 547 Å². The number of allylic oxidation sites excluding steroid dienone is 6. The highest BCUT2D eigenvalue weighted by atomic mass is 16.7. The number of hydrogen-bond acceptors (Lipinski definition) is 8. The van der Waals surface area contributed by atoms with Crippen LogP contribution in [-0.4, -0.2) is 82.3 Å². The van der Waals surface area contributed by atoms with Gasteiger partial charge in [-0.05, 0) is 51.4 Å². The average Bonchev–Trinajstić information content (AvgIpc) is 3.50. The third-order valence-electron chi connectivity index (χ3n) is 17.6. The zero-order valence-electron chi connectivity index (χ0n) is 59.4. The minimum Gasteiger partial charge on any atom is -0.545 e. The summed E-state index contributed by atoms with van der Waals surface area (Å²) in [4.78, 5) is 37.6. The molecule has 0 heterocycles. The molecule has 0 aromatic heterocycles. The molecule has 0 amide bonds. The molecule has 88 heavy (non-hydrogen) atoms. The molecule has 0 aliphatic rings. The van der Waals surface area contributed by atoms with Crippen LogP contribution in [0.25, 0.3) is 0 Å². The molecule has 0 bridgehead atoms. The van der Waals surface area contributed by atoms with E-state index >= 15 is 0 Å². The predicted molar refractivity (Wildman–Crippen MR) is 376 cm³/mol. The van der Waals surface area contributed by atoms with Gasteiger partial charge in [0.25, 0.3) is 0 Å². The van der Waals surface area contributed by atoms with E-state index in [-0.39, 0.29) is 32.2 Å². The first-order valence-electron chi connectivity index (χ1n) is 38.6. The van der Waals surface area contributed by atoms with Crippen molar-refractivity contribution >= 4 is 17.9 Å². The Hall–Kier alpha value is -2.49. The fourth-order valence-electron chi connectivity index (χ4n) is 11.7. The van der Waals surface area contributed by atoms with Gasteiger partial charge in [-0.15, -0.1) is 0 Å². The number of quaternary nitrogens is 1. The summed E-state index contributed by atoms with van der Waals surface area (Å²) in [6, 6.07) is 0. The molecule has 0 aromatic carbocycles. The number of rotatable bonds is 73. The van der Waals surface area contributed by atoms with Gasteiger partial charge in [-0.3, -0.25) is 9.59 Å². The molecule has 9 heteroatoms. The number of carbonyl (C=O) groups is 3. The number of carboxylic acid groups (broad SMARTS) is 1. The number of hydrogen-bond donors (Lipinski definition) is 0. The van der Waals surface area contributed by atoms with E-state index in [1.807, 2.05) is 21.1 Å². The molecule has 0 N–H and O–H groups in total. The lowest BCUT2D eigenvalue weighted by Crippen LogP contribution is -2.44. The van der Waals surface area contributed by atoms with E-state index < -0.39 is 24.3 Å². The molecule has 0 aliphatic heterocycles.